The van der Waals surface area contributed by atoms with Gasteiger partial charge in [0.05, 0.1) is 24.5 Å². The molecule has 9 nitrogen and oxygen atoms in total. The first kappa shape index (κ1) is 20.0. The Bertz CT molecular complexity index is 749. The molecular weight excluding hydrogens is 364 g/mol. The van der Waals surface area contributed by atoms with Gasteiger partial charge in [0.25, 0.3) is 0 Å². The predicted molar refractivity (Wildman–Crippen MR) is 91.7 cm³/mol. The fraction of sp³-hybridized carbons (Fsp3) is 0.500. The van der Waals surface area contributed by atoms with Crippen molar-refractivity contribution in [1.82, 2.24) is 10.0 Å². The van der Waals surface area contributed by atoms with Crippen molar-refractivity contribution in [2.24, 2.45) is 0 Å². The number of carbonyl (C=O) groups excluding carboxylic acids is 1. The fourth-order valence-electron chi connectivity index (χ4n) is 2.25. The molecule has 3 N–H and O–H groups in total. The summed E-state index contributed by atoms with van der Waals surface area (Å²) in [5.41, 5.74) is 0. The molecule has 0 aliphatic carbocycles. The van der Waals surface area contributed by atoms with Crippen LogP contribution < -0.4 is 19.5 Å². The van der Waals surface area contributed by atoms with Crippen LogP contribution in [0.2, 0.25) is 0 Å². The van der Waals surface area contributed by atoms with Crippen LogP contribution in [-0.4, -0.2) is 51.7 Å². The summed E-state index contributed by atoms with van der Waals surface area (Å²) >= 11 is 0. The number of rotatable bonds is 9. The highest BCUT2D eigenvalue weighted by Gasteiger charge is 2.18. The lowest BCUT2D eigenvalue weighted by atomic mass is 10.3. The SMILES string of the molecule is O=C(O)CCNC(=O)CCCNS(=O)(=O)c1ccc2c(c1)OCCCO2. The Morgan fingerprint density at radius 3 is 2.54 bits per heavy atom. The first-order valence-electron chi connectivity index (χ1n) is 8.26. The van der Waals surface area contributed by atoms with E-state index in [1.54, 1.807) is 6.07 Å². The standard InChI is InChI=1S/C16H22N2O7S/c19-15(17-8-6-16(20)21)3-1-7-18-26(22,23)12-4-5-13-14(11-12)25-10-2-9-24-13/h4-5,11,18H,1-3,6-10H2,(H,17,19)(H,20,21). The molecule has 0 atom stereocenters. The van der Waals surface area contributed by atoms with Crippen molar-refractivity contribution in [3.63, 3.8) is 0 Å². The number of nitrogens with one attached hydrogen (secondary N) is 2. The van der Waals surface area contributed by atoms with Crippen molar-refractivity contribution >= 4 is 21.9 Å². The Balaban J connectivity index is 1.81. The molecule has 1 heterocycles. The second-order valence-electron chi connectivity index (χ2n) is 5.65. The zero-order chi connectivity index (χ0) is 19.0. The molecule has 144 valence electrons. The number of fused-ring (bicyclic) bond motifs is 1. The van der Waals surface area contributed by atoms with Gasteiger partial charge in [0.2, 0.25) is 15.9 Å². The van der Waals surface area contributed by atoms with Crippen molar-refractivity contribution in [3.05, 3.63) is 18.2 Å². The number of hydrogen-bond donors (Lipinski definition) is 3. The summed E-state index contributed by atoms with van der Waals surface area (Å²) in [5, 5.41) is 10.9. The molecule has 1 aromatic carbocycles. The number of carboxylic acids is 1. The maximum atomic E-state index is 12.3. The third-order valence-corrected chi connectivity index (χ3v) is 5.02. The summed E-state index contributed by atoms with van der Waals surface area (Å²) in [4.78, 5) is 21.9. The van der Waals surface area contributed by atoms with Gasteiger partial charge < -0.3 is 19.9 Å². The maximum absolute atomic E-state index is 12.3. The van der Waals surface area contributed by atoms with Crippen molar-refractivity contribution in [3.8, 4) is 11.5 Å². The van der Waals surface area contributed by atoms with E-state index < -0.39 is 16.0 Å². The molecule has 1 amide bonds. The van der Waals surface area contributed by atoms with E-state index >= 15 is 0 Å². The molecule has 1 aliphatic heterocycles. The molecule has 1 aliphatic rings. The van der Waals surface area contributed by atoms with Crippen LogP contribution in [0.15, 0.2) is 23.1 Å². The molecule has 0 unspecified atom stereocenters. The number of aliphatic carboxylic acids is 1. The van der Waals surface area contributed by atoms with Gasteiger partial charge in [0, 0.05) is 32.0 Å². The van der Waals surface area contributed by atoms with Gasteiger partial charge in [-0.3, -0.25) is 9.59 Å². The maximum Gasteiger partial charge on any atom is 0.305 e. The van der Waals surface area contributed by atoms with Crippen LogP contribution in [0.3, 0.4) is 0 Å². The largest absolute Gasteiger partial charge is 0.490 e. The van der Waals surface area contributed by atoms with Gasteiger partial charge in [-0.15, -0.1) is 0 Å². The van der Waals surface area contributed by atoms with Crippen molar-refractivity contribution in [1.29, 1.82) is 0 Å². The molecule has 0 spiro atoms. The first-order chi connectivity index (χ1) is 12.4. The smallest absolute Gasteiger partial charge is 0.305 e. The highest BCUT2D eigenvalue weighted by atomic mass is 32.2. The number of amides is 1. The van der Waals surface area contributed by atoms with Crippen molar-refractivity contribution < 1.29 is 32.6 Å². The average Bonchev–Trinajstić information content (AvgIpc) is 2.83. The first-order valence-corrected chi connectivity index (χ1v) is 9.74. The zero-order valence-electron chi connectivity index (χ0n) is 14.2. The van der Waals surface area contributed by atoms with E-state index in [1.807, 2.05) is 0 Å². The normalized spacial score (nSPS) is 13.7. The highest BCUT2D eigenvalue weighted by molar-refractivity contribution is 7.89. The van der Waals surface area contributed by atoms with Crippen molar-refractivity contribution in [2.45, 2.75) is 30.6 Å². The molecule has 2 rings (SSSR count). The van der Waals surface area contributed by atoms with Crippen LogP contribution in [0.5, 0.6) is 11.5 Å². The van der Waals surface area contributed by atoms with Gasteiger partial charge in [0.1, 0.15) is 0 Å². The number of benzene rings is 1. The lowest BCUT2D eigenvalue weighted by Crippen LogP contribution is -2.28. The van der Waals surface area contributed by atoms with Gasteiger partial charge in [-0.05, 0) is 18.6 Å². The van der Waals surface area contributed by atoms with Gasteiger partial charge in [0.15, 0.2) is 11.5 Å². The van der Waals surface area contributed by atoms with Gasteiger partial charge in [-0.25, -0.2) is 13.1 Å². The number of ether oxygens (including phenoxy) is 2. The Morgan fingerprint density at radius 1 is 1.08 bits per heavy atom. The zero-order valence-corrected chi connectivity index (χ0v) is 15.0. The molecule has 0 bridgehead atoms. The minimum atomic E-state index is -3.73. The average molecular weight is 386 g/mol. The lowest BCUT2D eigenvalue weighted by Gasteiger charge is -2.11. The summed E-state index contributed by atoms with van der Waals surface area (Å²) in [6, 6.07) is 4.42. The Hall–Kier alpha value is -2.33. The molecule has 1 aromatic rings. The van der Waals surface area contributed by atoms with E-state index in [-0.39, 0.29) is 36.7 Å². The third kappa shape index (κ3) is 6.19. The molecule has 26 heavy (non-hydrogen) atoms. The molecule has 0 saturated heterocycles. The van der Waals surface area contributed by atoms with Crippen LogP contribution >= 0.6 is 0 Å². The van der Waals surface area contributed by atoms with Gasteiger partial charge in [-0.1, -0.05) is 0 Å². The number of carbonyl (C=O) groups is 2. The Labute approximate surface area is 151 Å². The summed E-state index contributed by atoms with van der Waals surface area (Å²) in [6.45, 7) is 1.12. The second-order valence-corrected chi connectivity index (χ2v) is 7.42. The second kappa shape index (κ2) is 9.39. The van der Waals surface area contributed by atoms with Gasteiger partial charge >= 0.3 is 5.97 Å². The predicted octanol–water partition coefficient (Wildman–Crippen LogP) is 0.497. The minimum Gasteiger partial charge on any atom is -0.490 e. The lowest BCUT2D eigenvalue weighted by molar-refractivity contribution is -0.136. The molecular formula is C16H22N2O7S. The van der Waals surface area contributed by atoms with E-state index in [0.29, 0.717) is 31.1 Å². The fourth-order valence-corrected chi connectivity index (χ4v) is 3.34. The molecule has 10 heteroatoms. The minimum absolute atomic E-state index is 0.0527. The van der Waals surface area contributed by atoms with Crippen LogP contribution in [0, 0.1) is 0 Å². The topological polar surface area (TPSA) is 131 Å². The Kier molecular flexibility index (Phi) is 7.22. The molecule has 0 fully saturated rings. The van der Waals surface area contributed by atoms with Gasteiger partial charge in [-0.2, -0.15) is 0 Å². The summed E-state index contributed by atoms with van der Waals surface area (Å²) in [7, 11) is -3.73. The van der Waals surface area contributed by atoms with Crippen LogP contribution in [0.4, 0.5) is 0 Å². The van der Waals surface area contributed by atoms with E-state index in [4.69, 9.17) is 14.6 Å². The third-order valence-electron chi connectivity index (χ3n) is 3.56. The van der Waals surface area contributed by atoms with E-state index in [2.05, 4.69) is 10.0 Å². The molecule has 0 saturated carbocycles. The van der Waals surface area contributed by atoms with Crippen LogP contribution in [0.1, 0.15) is 25.7 Å². The molecule has 0 radical (unpaired) electrons. The summed E-state index contributed by atoms with van der Waals surface area (Å²) in [6.07, 6.45) is 0.970. The van der Waals surface area contributed by atoms with Crippen LogP contribution in [-0.2, 0) is 19.6 Å². The van der Waals surface area contributed by atoms with Crippen LogP contribution in [0.25, 0.3) is 0 Å². The summed E-state index contributed by atoms with van der Waals surface area (Å²) < 4.78 is 38.0. The van der Waals surface area contributed by atoms with E-state index in [1.165, 1.54) is 12.1 Å². The Morgan fingerprint density at radius 2 is 1.81 bits per heavy atom. The summed E-state index contributed by atoms with van der Waals surface area (Å²) in [5.74, 6) is -0.406. The van der Waals surface area contributed by atoms with E-state index in [9.17, 15) is 18.0 Å². The number of carboxylic acid groups (broad SMARTS) is 1. The highest BCUT2D eigenvalue weighted by Crippen LogP contribution is 2.31. The van der Waals surface area contributed by atoms with Crippen molar-refractivity contribution in [2.75, 3.05) is 26.3 Å². The molecule has 0 aromatic heterocycles. The number of sulfonamides is 1. The quantitative estimate of drug-likeness (QED) is 0.527. The van der Waals surface area contributed by atoms with E-state index in [0.717, 1.165) is 6.42 Å². The number of hydrogen-bond acceptors (Lipinski definition) is 6. The monoisotopic (exact) mass is 386 g/mol.